The van der Waals surface area contributed by atoms with Gasteiger partial charge >= 0.3 is 17.9 Å². The molecule has 0 bridgehead atoms. The van der Waals surface area contributed by atoms with Crippen LogP contribution in [0, 0.1) is 0 Å². The second-order valence-corrected chi connectivity index (χ2v) is 22.4. The first-order chi connectivity index (χ1) is 37.0. The first kappa shape index (κ1) is 72.4. The molecule has 0 N–H and O–H groups in total. The first-order valence-corrected chi connectivity index (χ1v) is 33.1. The van der Waals surface area contributed by atoms with Gasteiger partial charge in [0.1, 0.15) is 13.2 Å². The van der Waals surface area contributed by atoms with Crippen molar-refractivity contribution in [3.05, 3.63) is 48.6 Å². The van der Waals surface area contributed by atoms with E-state index < -0.39 is 6.10 Å². The number of ether oxygens (including phenoxy) is 3. The molecule has 0 rings (SSSR count). The number of unbranched alkanes of at least 4 members (excludes halogenated alkanes) is 42. The zero-order valence-electron chi connectivity index (χ0n) is 50.3. The molecule has 0 aromatic heterocycles. The summed E-state index contributed by atoms with van der Waals surface area (Å²) in [5, 5.41) is 0. The van der Waals surface area contributed by atoms with Crippen molar-refractivity contribution in [2.75, 3.05) is 13.2 Å². The van der Waals surface area contributed by atoms with Crippen LogP contribution in [0.4, 0.5) is 0 Å². The highest BCUT2D eigenvalue weighted by Crippen LogP contribution is 2.18. The van der Waals surface area contributed by atoms with Gasteiger partial charge in [-0.05, 0) is 64.2 Å². The maximum absolute atomic E-state index is 12.9. The van der Waals surface area contributed by atoms with Crippen molar-refractivity contribution >= 4 is 17.9 Å². The van der Waals surface area contributed by atoms with E-state index in [1.807, 2.05) is 0 Å². The van der Waals surface area contributed by atoms with Crippen molar-refractivity contribution in [1.29, 1.82) is 0 Å². The molecule has 0 saturated heterocycles. The smallest absolute Gasteiger partial charge is 0.306 e. The van der Waals surface area contributed by atoms with Gasteiger partial charge in [0.2, 0.25) is 0 Å². The fraction of sp³-hybridized carbons (Fsp3) is 0.841. The average molecular weight is 1050 g/mol. The number of hydrogen-bond acceptors (Lipinski definition) is 6. The van der Waals surface area contributed by atoms with Gasteiger partial charge in [-0.1, -0.05) is 320 Å². The highest BCUT2D eigenvalue weighted by molar-refractivity contribution is 5.71. The minimum absolute atomic E-state index is 0.0781. The molecule has 0 fully saturated rings. The van der Waals surface area contributed by atoms with E-state index in [2.05, 4.69) is 69.4 Å². The van der Waals surface area contributed by atoms with Crippen LogP contribution in [0.25, 0.3) is 0 Å². The summed E-state index contributed by atoms with van der Waals surface area (Å²) in [5.74, 6) is -0.885. The second kappa shape index (κ2) is 63.9. The molecule has 438 valence electrons. The standard InChI is InChI=1S/C69H126O6/c1-4-7-10-13-16-19-22-25-28-31-33-34-36-39-41-44-47-50-53-56-59-62-68(71)74-65-66(75-69(72)63-60-57-54-51-48-45-42-37-30-27-24-21-18-15-12-9-6-3)64-73-67(70)61-58-55-52-49-46-43-40-38-35-32-29-26-23-20-17-14-11-8-5-2/h17,20,26,29,35,38,43,46,66H,4-16,18-19,21-25,27-28,30-34,36-37,39-42,44-45,47-65H2,1-3H3/b20-17-,29-26-,38-35-,46-43-/t66-/m1/s1. The fourth-order valence-corrected chi connectivity index (χ4v) is 9.84. The lowest BCUT2D eigenvalue weighted by atomic mass is 10.0. The number of carbonyl (C=O) groups excluding carboxylic acids is 3. The Morgan fingerprint density at radius 3 is 0.773 bits per heavy atom. The number of hydrogen-bond donors (Lipinski definition) is 0. The quantitative estimate of drug-likeness (QED) is 0.0261. The summed E-state index contributed by atoms with van der Waals surface area (Å²) in [4.78, 5) is 38.4. The van der Waals surface area contributed by atoms with Gasteiger partial charge in [-0.2, -0.15) is 0 Å². The lowest BCUT2D eigenvalue weighted by molar-refractivity contribution is -0.167. The molecule has 0 saturated carbocycles. The number of allylic oxidation sites excluding steroid dienone is 8. The van der Waals surface area contributed by atoms with Crippen molar-refractivity contribution in [2.45, 2.75) is 361 Å². The highest BCUT2D eigenvalue weighted by Gasteiger charge is 2.19. The van der Waals surface area contributed by atoms with Crippen molar-refractivity contribution in [2.24, 2.45) is 0 Å². The molecule has 0 heterocycles. The summed E-state index contributed by atoms with van der Waals surface area (Å²) in [5.41, 5.74) is 0. The highest BCUT2D eigenvalue weighted by atomic mass is 16.6. The molecule has 0 radical (unpaired) electrons. The molecule has 0 aliphatic rings. The Morgan fingerprint density at radius 2 is 0.480 bits per heavy atom. The largest absolute Gasteiger partial charge is 0.462 e. The molecule has 0 unspecified atom stereocenters. The van der Waals surface area contributed by atoms with E-state index in [4.69, 9.17) is 14.2 Å². The molecule has 0 amide bonds. The Labute approximate surface area is 467 Å². The predicted molar refractivity (Wildman–Crippen MR) is 325 cm³/mol. The van der Waals surface area contributed by atoms with Crippen LogP contribution >= 0.6 is 0 Å². The van der Waals surface area contributed by atoms with Crippen molar-refractivity contribution in [3.63, 3.8) is 0 Å². The Bertz CT molecular complexity index is 1300. The Hall–Kier alpha value is -2.63. The molecule has 0 aliphatic carbocycles. The summed E-state index contributed by atoms with van der Waals surface area (Å²) in [6.07, 6.45) is 79.8. The van der Waals surface area contributed by atoms with Gasteiger partial charge in [0, 0.05) is 19.3 Å². The van der Waals surface area contributed by atoms with Crippen LogP contribution < -0.4 is 0 Å². The van der Waals surface area contributed by atoms with Gasteiger partial charge < -0.3 is 14.2 Å². The fourth-order valence-electron chi connectivity index (χ4n) is 9.84. The molecule has 75 heavy (non-hydrogen) atoms. The Kier molecular flexibility index (Phi) is 61.7. The molecule has 0 aromatic rings. The summed E-state index contributed by atoms with van der Waals surface area (Å²) in [7, 11) is 0. The number of carbonyl (C=O) groups is 3. The third kappa shape index (κ3) is 62.1. The minimum Gasteiger partial charge on any atom is -0.462 e. The SMILES string of the molecule is CCCCC/C=C\C/C=C\C/C=C\C/C=C\CCCCCC(=O)OC[C@H](COC(=O)CCCCCCCCCCCCCCCCCCCCCCC)OC(=O)CCCCCCCCCCCCCCCCCCC. The van der Waals surface area contributed by atoms with Gasteiger partial charge in [-0.15, -0.1) is 0 Å². The maximum atomic E-state index is 12.9. The van der Waals surface area contributed by atoms with Crippen LogP contribution in [0.15, 0.2) is 48.6 Å². The van der Waals surface area contributed by atoms with Gasteiger partial charge in [0.05, 0.1) is 0 Å². The monoisotopic (exact) mass is 1050 g/mol. The summed E-state index contributed by atoms with van der Waals surface area (Å²) in [6, 6.07) is 0. The third-order valence-corrected chi connectivity index (χ3v) is 14.8. The van der Waals surface area contributed by atoms with Crippen LogP contribution in [0.2, 0.25) is 0 Å². The van der Waals surface area contributed by atoms with Gasteiger partial charge in [0.15, 0.2) is 6.10 Å². The number of esters is 3. The number of rotatable bonds is 61. The molecular weight excluding hydrogens is 925 g/mol. The maximum Gasteiger partial charge on any atom is 0.306 e. The van der Waals surface area contributed by atoms with E-state index in [1.54, 1.807) is 0 Å². The van der Waals surface area contributed by atoms with Crippen LogP contribution in [0.5, 0.6) is 0 Å². The van der Waals surface area contributed by atoms with E-state index in [1.165, 1.54) is 231 Å². The van der Waals surface area contributed by atoms with Crippen LogP contribution in [0.3, 0.4) is 0 Å². The van der Waals surface area contributed by atoms with E-state index in [0.717, 1.165) is 83.5 Å². The van der Waals surface area contributed by atoms with E-state index in [9.17, 15) is 14.4 Å². The summed E-state index contributed by atoms with van der Waals surface area (Å²) < 4.78 is 16.9. The van der Waals surface area contributed by atoms with Gasteiger partial charge in [-0.3, -0.25) is 14.4 Å². The summed E-state index contributed by atoms with van der Waals surface area (Å²) >= 11 is 0. The third-order valence-electron chi connectivity index (χ3n) is 14.8. The summed E-state index contributed by atoms with van der Waals surface area (Å²) in [6.45, 7) is 6.65. The lowest BCUT2D eigenvalue weighted by Crippen LogP contribution is -2.30. The lowest BCUT2D eigenvalue weighted by Gasteiger charge is -2.18. The van der Waals surface area contributed by atoms with Gasteiger partial charge in [-0.25, -0.2) is 0 Å². The zero-order chi connectivity index (χ0) is 54.3. The van der Waals surface area contributed by atoms with E-state index >= 15 is 0 Å². The molecule has 0 aliphatic heterocycles. The molecule has 6 heteroatoms. The topological polar surface area (TPSA) is 78.9 Å². The van der Waals surface area contributed by atoms with E-state index in [0.29, 0.717) is 19.3 Å². The molecule has 0 aromatic carbocycles. The first-order valence-electron chi connectivity index (χ1n) is 33.1. The zero-order valence-corrected chi connectivity index (χ0v) is 50.3. The molecule has 6 nitrogen and oxygen atoms in total. The minimum atomic E-state index is -0.784. The van der Waals surface area contributed by atoms with Gasteiger partial charge in [0.25, 0.3) is 0 Å². The molecular formula is C69H126O6. The van der Waals surface area contributed by atoms with Crippen molar-refractivity contribution in [3.8, 4) is 0 Å². The van der Waals surface area contributed by atoms with Crippen LogP contribution in [-0.2, 0) is 28.6 Å². The van der Waals surface area contributed by atoms with Crippen molar-refractivity contribution < 1.29 is 28.6 Å². The molecule has 0 spiro atoms. The Morgan fingerprint density at radius 1 is 0.267 bits per heavy atom. The Balaban J connectivity index is 4.36. The second-order valence-electron chi connectivity index (χ2n) is 22.4. The molecule has 1 atom stereocenters. The predicted octanol–water partition coefficient (Wildman–Crippen LogP) is 22.6. The van der Waals surface area contributed by atoms with Crippen molar-refractivity contribution in [1.82, 2.24) is 0 Å². The normalized spacial score (nSPS) is 12.3. The van der Waals surface area contributed by atoms with E-state index in [-0.39, 0.29) is 31.1 Å². The van der Waals surface area contributed by atoms with Crippen LogP contribution in [0.1, 0.15) is 355 Å². The van der Waals surface area contributed by atoms with Crippen LogP contribution in [-0.4, -0.2) is 37.2 Å². The average Bonchev–Trinajstić information content (AvgIpc) is 3.41.